The van der Waals surface area contributed by atoms with Crippen molar-refractivity contribution in [2.45, 2.75) is 84.8 Å². The summed E-state index contributed by atoms with van der Waals surface area (Å²) >= 11 is 0. The van der Waals surface area contributed by atoms with Crippen LogP contribution in [0, 0.1) is 34.5 Å². The van der Waals surface area contributed by atoms with E-state index in [1.165, 1.54) is 0 Å². The molecule has 3 fully saturated rings. The van der Waals surface area contributed by atoms with Gasteiger partial charge in [-0.05, 0) is 56.3 Å². The molecular formula is C23H35NO3. The van der Waals surface area contributed by atoms with Crippen LogP contribution in [0.25, 0.3) is 0 Å². The Labute approximate surface area is 163 Å². The van der Waals surface area contributed by atoms with Gasteiger partial charge >= 0.3 is 5.97 Å². The lowest BCUT2D eigenvalue weighted by Crippen LogP contribution is -2.52. The highest BCUT2D eigenvalue weighted by Gasteiger charge is 2.55. The maximum atomic E-state index is 13.1. The topological polar surface area (TPSA) is 55.4 Å². The van der Waals surface area contributed by atoms with Crippen LogP contribution in [0.1, 0.15) is 72.6 Å². The molecule has 4 nitrogen and oxygen atoms in total. The summed E-state index contributed by atoms with van der Waals surface area (Å²) in [5, 5.41) is 3.32. The number of carbonyl (C=O) groups is 2. The molecule has 3 saturated carbocycles. The zero-order valence-corrected chi connectivity index (χ0v) is 17.3. The third-order valence-electron chi connectivity index (χ3n) is 7.95. The summed E-state index contributed by atoms with van der Waals surface area (Å²) in [6, 6.07) is 0.141. The number of carbonyl (C=O) groups excluding carboxylic acids is 2. The highest BCUT2D eigenvalue weighted by atomic mass is 16.5. The molecule has 0 aromatic heterocycles. The molecule has 1 N–H and O–H groups in total. The van der Waals surface area contributed by atoms with E-state index in [9.17, 15) is 9.59 Å². The summed E-state index contributed by atoms with van der Waals surface area (Å²) < 4.78 is 6.23. The Morgan fingerprint density at radius 3 is 2.37 bits per heavy atom. The van der Waals surface area contributed by atoms with E-state index in [4.69, 9.17) is 4.74 Å². The number of hydrogen-bond acceptors (Lipinski definition) is 3. The largest absolute Gasteiger partial charge is 0.461 e. The van der Waals surface area contributed by atoms with Crippen LogP contribution in [-0.4, -0.2) is 24.0 Å². The highest BCUT2D eigenvalue weighted by Crippen LogP contribution is 2.54. The minimum atomic E-state index is -0.389. The Kier molecular flexibility index (Phi) is 4.67. The summed E-state index contributed by atoms with van der Waals surface area (Å²) in [7, 11) is 0. The van der Waals surface area contributed by atoms with Gasteiger partial charge in [0.15, 0.2) is 0 Å². The van der Waals surface area contributed by atoms with Gasteiger partial charge in [0.05, 0.1) is 5.92 Å². The fraction of sp³-hybridized carbons (Fsp3) is 0.826. The molecule has 0 aromatic rings. The lowest BCUT2D eigenvalue weighted by Gasteiger charge is -2.39. The first-order valence-electron chi connectivity index (χ1n) is 10.9. The Bertz CT molecular complexity index is 644. The third kappa shape index (κ3) is 3.13. The van der Waals surface area contributed by atoms with E-state index in [0.717, 1.165) is 44.9 Å². The number of ether oxygens (including phenoxy) is 1. The summed E-state index contributed by atoms with van der Waals surface area (Å²) in [4.78, 5) is 25.7. The minimum Gasteiger partial charge on any atom is -0.461 e. The number of esters is 1. The van der Waals surface area contributed by atoms with E-state index in [-0.39, 0.29) is 40.8 Å². The fourth-order valence-corrected chi connectivity index (χ4v) is 6.29. The molecule has 0 aromatic carbocycles. The molecule has 0 saturated heterocycles. The van der Waals surface area contributed by atoms with Gasteiger partial charge in [-0.3, -0.25) is 9.59 Å². The van der Waals surface area contributed by atoms with Crippen LogP contribution in [-0.2, 0) is 14.3 Å². The first-order chi connectivity index (χ1) is 12.7. The van der Waals surface area contributed by atoms with Gasteiger partial charge in [0.1, 0.15) is 6.10 Å². The first-order valence-corrected chi connectivity index (χ1v) is 10.9. The lowest BCUT2D eigenvalue weighted by atomic mass is 9.78. The van der Waals surface area contributed by atoms with Crippen molar-refractivity contribution in [1.29, 1.82) is 0 Å². The number of hydrogen-bond donors (Lipinski definition) is 1. The second kappa shape index (κ2) is 6.63. The molecule has 1 spiro atoms. The van der Waals surface area contributed by atoms with Crippen LogP contribution in [0.5, 0.6) is 0 Å². The SMILES string of the molecule is C[C@@H]1[C@@H](C(=O)O[C@@H]2CCC[C@@]23CCC[C@H]3NC(=O)C(C)(C)C)[C@H]2C=C[C@@H]1C2. The van der Waals surface area contributed by atoms with Crippen molar-refractivity contribution >= 4 is 11.9 Å². The second-order valence-electron chi connectivity index (χ2n) is 10.6. The smallest absolute Gasteiger partial charge is 0.310 e. The molecule has 27 heavy (non-hydrogen) atoms. The first kappa shape index (κ1) is 19.0. The van der Waals surface area contributed by atoms with Gasteiger partial charge in [-0.25, -0.2) is 0 Å². The fourth-order valence-electron chi connectivity index (χ4n) is 6.29. The Balaban J connectivity index is 1.47. The quantitative estimate of drug-likeness (QED) is 0.595. The molecule has 4 aliphatic carbocycles. The van der Waals surface area contributed by atoms with E-state index >= 15 is 0 Å². The monoisotopic (exact) mass is 373 g/mol. The van der Waals surface area contributed by atoms with Crippen molar-refractivity contribution in [2.24, 2.45) is 34.5 Å². The summed E-state index contributed by atoms with van der Waals surface area (Å²) in [6.45, 7) is 8.08. The number of rotatable bonds is 3. The van der Waals surface area contributed by atoms with Crippen molar-refractivity contribution in [1.82, 2.24) is 5.32 Å². The van der Waals surface area contributed by atoms with E-state index in [1.807, 2.05) is 20.8 Å². The summed E-state index contributed by atoms with van der Waals surface area (Å²) in [6.07, 6.45) is 11.9. The maximum absolute atomic E-state index is 13.1. The minimum absolute atomic E-state index is 0.0124. The molecule has 0 aliphatic heterocycles. The lowest BCUT2D eigenvalue weighted by molar-refractivity contribution is -0.163. The molecule has 0 unspecified atom stereocenters. The number of nitrogens with one attached hydrogen (secondary N) is 1. The zero-order valence-electron chi connectivity index (χ0n) is 17.3. The van der Waals surface area contributed by atoms with Gasteiger partial charge in [-0.2, -0.15) is 0 Å². The summed E-state index contributed by atoms with van der Waals surface area (Å²) in [5.74, 6) is 1.47. The van der Waals surface area contributed by atoms with E-state index < -0.39 is 0 Å². The normalized spacial score (nSPS) is 42.8. The van der Waals surface area contributed by atoms with E-state index in [2.05, 4.69) is 24.4 Å². The van der Waals surface area contributed by atoms with Crippen LogP contribution in [0.3, 0.4) is 0 Å². The van der Waals surface area contributed by atoms with Gasteiger partial charge in [-0.15, -0.1) is 0 Å². The van der Waals surface area contributed by atoms with Crippen LogP contribution < -0.4 is 5.32 Å². The molecule has 1 amide bonds. The molecule has 4 aliphatic rings. The van der Waals surface area contributed by atoms with Crippen molar-refractivity contribution in [2.75, 3.05) is 0 Å². The van der Waals surface area contributed by atoms with Gasteiger partial charge in [0, 0.05) is 16.9 Å². The maximum Gasteiger partial charge on any atom is 0.310 e. The Morgan fingerprint density at radius 1 is 1.07 bits per heavy atom. The van der Waals surface area contributed by atoms with E-state index in [0.29, 0.717) is 17.8 Å². The van der Waals surface area contributed by atoms with Crippen molar-refractivity contribution < 1.29 is 14.3 Å². The van der Waals surface area contributed by atoms with Gasteiger partial charge in [0.25, 0.3) is 0 Å². The molecule has 4 rings (SSSR count). The Hall–Kier alpha value is -1.32. The van der Waals surface area contributed by atoms with Crippen LogP contribution in [0.15, 0.2) is 12.2 Å². The second-order valence-corrected chi connectivity index (χ2v) is 10.6. The molecule has 7 atom stereocenters. The van der Waals surface area contributed by atoms with Crippen molar-refractivity contribution in [3.63, 3.8) is 0 Å². The molecule has 2 bridgehead atoms. The summed E-state index contributed by atoms with van der Waals surface area (Å²) in [5.41, 5.74) is -0.438. The predicted octanol–water partition coefficient (Wildman–Crippen LogP) is 4.24. The van der Waals surface area contributed by atoms with Crippen molar-refractivity contribution in [3.05, 3.63) is 12.2 Å². The molecular weight excluding hydrogens is 338 g/mol. The average Bonchev–Trinajstić information content (AvgIpc) is 3.34. The molecule has 4 heteroatoms. The van der Waals surface area contributed by atoms with Gasteiger partial charge < -0.3 is 10.1 Å². The molecule has 150 valence electrons. The van der Waals surface area contributed by atoms with Crippen LogP contribution in [0.2, 0.25) is 0 Å². The Morgan fingerprint density at radius 2 is 1.74 bits per heavy atom. The van der Waals surface area contributed by atoms with Gasteiger partial charge in [-0.1, -0.05) is 46.3 Å². The highest BCUT2D eigenvalue weighted by molar-refractivity contribution is 5.81. The van der Waals surface area contributed by atoms with E-state index in [1.54, 1.807) is 0 Å². The number of allylic oxidation sites excluding steroid dienone is 2. The van der Waals surface area contributed by atoms with Crippen LogP contribution in [0.4, 0.5) is 0 Å². The van der Waals surface area contributed by atoms with Gasteiger partial charge in [0.2, 0.25) is 5.91 Å². The average molecular weight is 374 g/mol. The molecule has 0 heterocycles. The predicted molar refractivity (Wildman–Crippen MR) is 105 cm³/mol. The standard InChI is InChI=1S/C23H35NO3/c1-14-15-9-10-16(13-15)19(14)20(25)27-18-8-6-12-23(18)11-5-7-17(23)24-21(26)22(2,3)4/h9-10,14-19H,5-8,11-13H2,1-4H3,(H,24,26)/t14-,15+,16-,17+,18+,19+,23+/m0/s1. The van der Waals surface area contributed by atoms with Crippen molar-refractivity contribution in [3.8, 4) is 0 Å². The third-order valence-corrected chi connectivity index (χ3v) is 7.95. The zero-order chi connectivity index (χ0) is 19.4. The number of fused-ring (bicyclic) bond motifs is 2. The molecule has 0 radical (unpaired) electrons. The van der Waals surface area contributed by atoms with Crippen LogP contribution >= 0.6 is 0 Å². The number of amides is 1.